The number of nitrogens with zero attached hydrogens (tertiary/aromatic N) is 4. The molecule has 0 bridgehead atoms. The molecule has 0 unspecified atom stereocenters. The van der Waals surface area contributed by atoms with Crippen LogP contribution in [0.25, 0.3) is 0 Å². The van der Waals surface area contributed by atoms with Crippen LogP contribution in [0.4, 0.5) is 0 Å². The van der Waals surface area contributed by atoms with E-state index in [2.05, 4.69) is 15.1 Å². The van der Waals surface area contributed by atoms with Gasteiger partial charge in [-0.3, -0.25) is 14.3 Å². The number of H-pyrrole nitrogens is 1. The largest absolute Gasteiger partial charge is 0.454 e. The predicted molar refractivity (Wildman–Crippen MR) is 93.1 cm³/mol. The molecule has 1 aliphatic rings. The van der Waals surface area contributed by atoms with Crippen molar-refractivity contribution in [1.82, 2.24) is 24.6 Å². The van der Waals surface area contributed by atoms with Gasteiger partial charge in [-0.2, -0.15) is 5.10 Å². The molecule has 8 nitrogen and oxygen atoms in total. The third kappa shape index (κ3) is 3.15. The molecule has 4 rings (SSSR count). The Balaban J connectivity index is 1.50. The third-order valence-electron chi connectivity index (χ3n) is 4.27. The maximum absolute atomic E-state index is 12.7. The third-order valence-corrected chi connectivity index (χ3v) is 4.47. The Morgan fingerprint density at radius 3 is 3.04 bits per heavy atom. The Morgan fingerprint density at radius 1 is 1.42 bits per heavy atom. The van der Waals surface area contributed by atoms with E-state index in [9.17, 15) is 9.59 Å². The molecule has 0 saturated heterocycles. The molecule has 0 spiro atoms. The van der Waals surface area contributed by atoms with E-state index in [1.54, 1.807) is 41.0 Å². The topological polar surface area (TPSA) is 97.0 Å². The summed E-state index contributed by atoms with van der Waals surface area (Å²) < 4.78 is 7.29. The number of halogens is 1. The Bertz CT molecular complexity index is 1040. The number of fused-ring (bicyclic) bond motifs is 1. The van der Waals surface area contributed by atoms with Crippen LogP contribution in [-0.4, -0.2) is 37.1 Å². The molecule has 0 saturated carbocycles. The van der Waals surface area contributed by atoms with Crippen LogP contribution < -0.4 is 5.56 Å². The monoisotopic (exact) mass is 373 g/mol. The van der Waals surface area contributed by atoms with Crippen LogP contribution in [0.15, 0.2) is 33.7 Å². The molecule has 0 radical (unpaired) electrons. The maximum atomic E-state index is 12.7. The van der Waals surface area contributed by atoms with Gasteiger partial charge in [0, 0.05) is 18.3 Å². The maximum Gasteiger partial charge on any atom is 0.289 e. The van der Waals surface area contributed by atoms with Gasteiger partial charge in [0.1, 0.15) is 11.6 Å². The van der Waals surface area contributed by atoms with Crippen LogP contribution >= 0.6 is 11.6 Å². The first-order valence-electron chi connectivity index (χ1n) is 8.14. The lowest BCUT2D eigenvalue weighted by Crippen LogP contribution is -2.39. The summed E-state index contributed by atoms with van der Waals surface area (Å²) in [5.41, 5.74) is 1.16. The highest BCUT2D eigenvalue weighted by Gasteiger charge is 2.26. The normalized spacial score (nSPS) is 13.7. The van der Waals surface area contributed by atoms with Gasteiger partial charge in [-0.1, -0.05) is 11.6 Å². The van der Waals surface area contributed by atoms with E-state index in [1.807, 2.05) is 0 Å². The number of rotatable bonds is 3. The highest BCUT2D eigenvalue weighted by molar-refractivity contribution is 6.30. The molecule has 1 amide bonds. The summed E-state index contributed by atoms with van der Waals surface area (Å²) in [6, 6.07) is 3.39. The van der Waals surface area contributed by atoms with E-state index in [0.717, 1.165) is 0 Å². The molecule has 3 aromatic heterocycles. The zero-order valence-corrected chi connectivity index (χ0v) is 14.8. The molecule has 26 heavy (non-hydrogen) atoms. The van der Waals surface area contributed by atoms with E-state index < -0.39 is 0 Å². The second kappa shape index (κ2) is 6.45. The van der Waals surface area contributed by atoms with E-state index in [0.29, 0.717) is 53.9 Å². The van der Waals surface area contributed by atoms with Gasteiger partial charge < -0.3 is 14.3 Å². The van der Waals surface area contributed by atoms with Gasteiger partial charge in [-0.25, -0.2) is 4.98 Å². The summed E-state index contributed by atoms with van der Waals surface area (Å²) >= 11 is 5.84. The minimum atomic E-state index is -0.222. The van der Waals surface area contributed by atoms with E-state index in [4.69, 9.17) is 16.0 Å². The minimum Gasteiger partial charge on any atom is -0.454 e. The van der Waals surface area contributed by atoms with Crippen molar-refractivity contribution in [2.24, 2.45) is 0 Å². The molecule has 0 fully saturated rings. The van der Waals surface area contributed by atoms with Crippen molar-refractivity contribution in [2.45, 2.75) is 26.4 Å². The fraction of sp³-hybridized carbons (Fsp3) is 0.294. The van der Waals surface area contributed by atoms with Crippen LogP contribution in [0, 0.1) is 6.92 Å². The first kappa shape index (κ1) is 16.6. The molecular weight excluding hydrogens is 358 g/mol. The van der Waals surface area contributed by atoms with Crippen molar-refractivity contribution >= 4 is 17.5 Å². The predicted octanol–water partition coefficient (Wildman–Crippen LogP) is 1.77. The molecule has 0 aliphatic carbocycles. The second-order valence-electron chi connectivity index (χ2n) is 6.18. The second-order valence-corrected chi connectivity index (χ2v) is 6.61. The molecule has 1 aliphatic heterocycles. The van der Waals surface area contributed by atoms with Crippen LogP contribution in [-0.2, 0) is 19.5 Å². The standard InChI is InChI=1S/C17H16ClN5O3/c1-10-20-14-9-22(5-4-13(14)16(24)21-10)17(25)15-3-2-12(26-15)8-23-7-11(18)6-19-23/h2-3,6-7H,4-5,8-9H2,1H3,(H,20,21,24). The number of hydrogen-bond donors (Lipinski definition) is 1. The lowest BCUT2D eigenvalue weighted by atomic mass is 10.1. The van der Waals surface area contributed by atoms with Gasteiger partial charge in [-0.15, -0.1) is 0 Å². The molecule has 1 N–H and O–H groups in total. The number of nitrogens with one attached hydrogen (secondary N) is 1. The zero-order valence-electron chi connectivity index (χ0n) is 14.0. The van der Waals surface area contributed by atoms with Crippen molar-refractivity contribution in [1.29, 1.82) is 0 Å². The lowest BCUT2D eigenvalue weighted by Gasteiger charge is -2.26. The minimum absolute atomic E-state index is 0.127. The average molecular weight is 374 g/mol. The summed E-state index contributed by atoms with van der Waals surface area (Å²) in [6.45, 7) is 2.86. The molecule has 9 heteroatoms. The smallest absolute Gasteiger partial charge is 0.289 e. The summed E-state index contributed by atoms with van der Waals surface area (Å²) in [6.07, 6.45) is 3.69. The molecule has 3 aromatic rings. The number of carbonyl (C=O) groups is 1. The molecule has 0 aromatic carbocycles. The van der Waals surface area contributed by atoms with E-state index in [-0.39, 0.29) is 17.2 Å². The van der Waals surface area contributed by atoms with Gasteiger partial charge in [0.2, 0.25) is 0 Å². The SMILES string of the molecule is Cc1nc2c(c(=O)[nH]1)CCN(C(=O)c1ccc(Cn3cc(Cl)cn3)o1)C2. The number of hydrogen-bond acceptors (Lipinski definition) is 5. The molecular formula is C17H16ClN5O3. The van der Waals surface area contributed by atoms with Crippen LogP contribution in [0.2, 0.25) is 5.02 Å². The van der Waals surface area contributed by atoms with Crippen LogP contribution in [0.5, 0.6) is 0 Å². The van der Waals surface area contributed by atoms with E-state index in [1.165, 1.54) is 0 Å². The quantitative estimate of drug-likeness (QED) is 0.754. The zero-order chi connectivity index (χ0) is 18.3. The fourth-order valence-electron chi connectivity index (χ4n) is 3.06. The van der Waals surface area contributed by atoms with Gasteiger partial charge in [0.15, 0.2) is 5.76 Å². The van der Waals surface area contributed by atoms with Gasteiger partial charge in [-0.05, 0) is 25.5 Å². The lowest BCUT2D eigenvalue weighted by molar-refractivity contribution is 0.0696. The molecule has 0 atom stereocenters. The molecule has 134 valence electrons. The highest BCUT2D eigenvalue weighted by Crippen LogP contribution is 2.18. The first-order chi connectivity index (χ1) is 12.5. The van der Waals surface area contributed by atoms with Gasteiger partial charge >= 0.3 is 0 Å². The summed E-state index contributed by atoms with van der Waals surface area (Å²) in [7, 11) is 0. The summed E-state index contributed by atoms with van der Waals surface area (Å²) in [5, 5.41) is 4.62. The Morgan fingerprint density at radius 2 is 2.27 bits per heavy atom. The Hall–Kier alpha value is -2.87. The summed E-state index contributed by atoms with van der Waals surface area (Å²) in [4.78, 5) is 33.4. The number of furan rings is 1. The first-order valence-corrected chi connectivity index (χ1v) is 8.52. The number of amides is 1. The number of carbonyl (C=O) groups excluding carboxylic acids is 1. The average Bonchev–Trinajstić information content (AvgIpc) is 3.23. The number of aryl methyl sites for hydroxylation is 1. The Kier molecular flexibility index (Phi) is 4.12. The van der Waals surface area contributed by atoms with Crippen molar-refractivity contribution in [3.05, 3.63) is 68.5 Å². The van der Waals surface area contributed by atoms with Gasteiger partial charge in [0.25, 0.3) is 11.5 Å². The Labute approximate surface area is 153 Å². The van der Waals surface area contributed by atoms with Crippen molar-refractivity contribution in [3.8, 4) is 0 Å². The van der Waals surface area contributed by atoms with Crippen molar-refractivity contribution < 1.29 is 9.21 Å². The van der Waals surface area contributed by atoms with E-state index >= 15 is 0 Å². The van der Waals surface area contributed by atoms with Crippen LogP contribution in [0.3, 0.4) is 0 Å². The highest BCUT2D eigenvalue weighted by atomic mass is 35.5. The van der Waals surface area contributed by atoms with Crippen molar-refractivity contribution in [2.75, 3.05) is 6.54 Å². The fourth-order valence-corrected chi connectivity index (χ4v) is 3.21. The van der Waals surface area contributed by atoms with Crippen LogP contribution in [0.1, 0.15) is 33.4 Å². The number of aromatic amines is 1. The number of aromatic nitrogens is 4. The van der Waals surface area contributed by atoms with Gasteiger partial charge in [0.05, 0.1) is 30.0 Å². The summed E-state index contributed by atoms with van der Waals surface area (Å²) in [5.74, 6) is 1.18. The molecule has 4 heterocycles. The van der Waals surface area contributed by atoms with Crippen molar-refractivity contribution in [3.63, 3.8) is 0 Å².